The Morgan fingerprint density at radius 1 is 0.833 bits per heavy atom. The summed E-state index contributed by atoms with van der Waals surface area (Å²) in [4.78, 5) is 14.6. The van der Waals surface area contributed by atoms with Gasteiger partial charge in [-0.2, -0.15) is 10.0 Å². The van der Waals surface area contributed by atoms with Gasteiger partial charge in [-0.25, -0.2) is 4.98 Å². The first-order chi connectivity index (χ1) is 20.2. The van der Waals surface area contributed by atoms with Gasteiger partial charge in [-0.15, -0.1) is 0 Å². The van der Waals surface area contributed by atoms with Crippen molar-refractivity contribution in [1.82, 2.24) is 15.0 Å². The fourth-order valence-corrected chi connectivity index (χ4v) is 5.53. The van der Waals surface area contributed by atoms with Crippen molar-refractivity contribution in [3.63, 3.8) is 0 Å². The summed E-state index contributed by atoms with van der Waals surface area (Å²) in [7, 11) is 11.1. The van der Waals surface area contributed by atoms with Crippen LogP contribution in [0, 0.1) is 0 Å². The summed E-state index contributed by atoms with van der Waals surface area (Å²) < 4.78 is 29.4. The number of hydrogen-bond donors (Lipinski definition) is 1. The average molecular weight is 643 g/mol. The van der Waals surface area contributed by atoms with Gasteiger partial charge in [0.15, 0.2) is 11.5 Å². The van der Waals surface area contributed by atoms with Crippen molar-refractivity contribution in [1.29, 1.82) is 0 Å². The van der Waals surface area contributed by atoms with Gasteiger partial charge >= 0.3 is 0 Å². The van der Waals surface area contributed by atoms with Crippen LogP contribution in [0.5, 0.6) is 29.1 Å². The number of para-hydroxylation sites is 1. The van der Waals surface area contributed by atoms with Crippen LogP contribution >= 0.6 is 15.9 Å². The molecule has 2 unspecified atom stereocenters. The van der Waals surface area contributed by atoms with Crippen LogP contribution in [0.4, 0.5) is 0 Å². The van der Waals surface area contributed by atoms with E-state index in [4.69, 9.17) is 33.5 Å². The summed E-state index contributed by atoms with van der Waals surface area (Å²) in [6.07, 6.45) is 0.207. The maximum absolute atomic E-state index is 13.2. The van der Waals surface area contributed by atoms with Crippen molar-refractivity contribution in [2.75, 3.05) is 56.3 Å². The van der Waals surface area contributed by atoms with E-state index >= 15 is 0 Å². The standard InChI is InChI=1S/C31H36BrN3O7/c1-35(42-7)14-13-31(36,20-17-26(38-3)34-27(18-20)39-4)28(22-9-8-10-25(37-2)29(22)40-5)23-16-19-15-21(32)11-12-24(19)33-30(23)41-6/h8-12,15-18,28,36H,13-14H2,1-7H3. The first kappa shape index (κ1) is 31.3. The molecule has 0 spiro atoms. The van der Waals surface area contributed by atoms with Crippen LogP contribution < -0.4 is 23.7 Å². The Morgan fingerprint density at radius 3 is 2.14 bits per heavy atom. The second-order valence-electron chi connectivity index (χ2n) is 9.59. The fourth-order valence-electron chi connectivity index (χ4n) is 5.15. The van der Waals surface area contributed by atoms with Gasteiger partial charge in [0.1, 0.15) is 5.60 Å². The van der Waals surface area contributed by atoms with Gasteiger partial charge in [0, 0.05) is 46.7 Å². The summed E-state index contributed by atoms with van der Waals surface area (Å²) in [6.45, 7) is 0.359. The number of rotatable bonds is 13. The molecule has 0 saturated heterocycles. The van der Waals surface area contributed by atoms with Crippen LogP contribution in [-0.4, -0.2) is 76.4 Å². The molecule has 0 radical (unpaired) electrons. The topological polar surface area (TPSA) is 105 Å². The van der Waals surface area contributed by atoms with Gasteiger partial charge < -0.3 is 33.6 Å². The Balaban J connectivity index is 2.14. The maximum atomic E-state index is 13.2. The molecule has 2 atom stereocenters. The fraction of sp³-hybridized carbons (Fsp3) is 0.355. The minimum Gasteiger partial charge on any atom is -0.493 e. The number of hydrogen-bond acceptors (Lipinski definition) is 10. The molecule has 2 aromatic heterocycles. The molecule has 2 aromatic carbocycles. The van der Waals surface area contributed by atoms with Gasteiger partial charge in [-0.05, 0) is 42.3 Å². The van der Waals surface area contributed by atoms with E-state index in [-0.39, 0.29) is 18.2 Å². The van der Waals surface area contributed by atoms with Gasteiger partial charge in [0.25, 0.3) is 0 Å². The summed E-state index contributed by atoms with van der Waals surface area (Å²) >= 11 is 3.57. The molecule has 2 heterocycles. The molecule has 4 aromatic rings. The van der Waals surface area contributed by atoms with E-state index in [1.54, 1.807) is 52.7 Å². The number of hydroxylamine groups is 2. The van der Waals surface area contributed by atoms with Crippen LogP contribution in [0.2, 0.25) is 0 Å². The van der Waals surface area contributed by atoms with Crippen molar-refractivity contribution in [2.24, 2.45) is 0 Å². The third kappa shape index (κ3) is 6.24. The molecule has 0 bridgehead atoms. The molecule has 42 heavy (non-hydrogen) atoms. The molecule has 0 aliphatic rings. The monoisotopic (exact) mass is 641 g/mol. The summed E-state index contributed by atoms with van der Waals surface area (Å²) in [5, 5.41) is 15.7. The SMILES string of the molecule is COc1cc(C(O)(CCN(C)OC)C(c2cc3cc(Br)ccc3nc2OC)c2cccc(OC)c2OC)cc(OC)n1. The predicted octanol–water partition coefficient (Wildman–Crippen LogP) is 5.34. The number of methoxy groups -OCH3 is 5. The van der Waals surface area contributed by atoms with E-state index in [2.05, 4.69) is 20.9 Å². The Labute approximate surface area is 254 Å². The number of benzene rings is 2. The smallest absolute Gasteiger partial charge is 0.217 e. The van der Waals surface area contributed by atoms with Crippen LogP contribution in [0.3, 0.4) is 0 Å². The zero-order valence-corrected chi connectivity index (χ0v) is 26.4. The van der Waals surface area contributed by atoms with Crippen molar-refractivity contribution in [3.8, 4) is 29.1 Å². The molecule has 224 valence electrons. The lowest BCUT2D eigenvalue weighted by molar-refractivity contribution is -0.124. The Morgan fingerprint density at radius 2 is 1.55 bits per heavy atom. The van der Waals surface area contributed by atoms with Crippen molar-refractivity contribution < 1.29 is 33.6 Å². The van der Waals surface area contributed by atoms with Crippen molar-refractivity contribution >= 4 is 26.8 Å². The molecule has 0 saturated carbocycles. The number of halogens is 1. The Kier molecular flexibility index (Phi) is 10.1. The number of fused-ring (bicyclic) bond motifs is 1. The molecule has 4 rings (SSSR count). The van der Waals surface area contributed by atoms with Crippen LogP contribution in [0.25, 0.3) is 10.9 Å². The Hall–Kier alpha value is -3.64. The number of aromatic nitrogens is 2. The van der Waals surface area contributed by atoms with Crippen molar-refractivity contribution in [3.05, 3.63) is 75.8 Å². The minimum absolute atomic E-state index is 0.207. The van der Waals surface area contributed by atoms with Gasteiger partial charge in [-0.3, -0.25) is 0 Å². The van der Waals surface area contributed by atoms with E-state index in [0.29, 0.717) is 40.6 Å². The molecule has 1 N–H and O–H groups in total. The molecule has 10 nitrogen and oxygen atoms in total. The summed E-state index contributed by atoms with van der Waals surface area (Å²) in [5.74, 6) is 1.10. The molecular formula is C31H36BrN3O7. The minimum atomic E-state index is -1.63. The largest absolute Gasteiger partial charge is 0.493 e. The summed E-state index contributed by atoms with van der Waals surface area (Å²) in [6, 6.07) is 16.8. The zero-order valence-electron chi connectivity index (χ0n) is 24.8. The molecule has 0 aliphatic carbocycles. The number of nitrogens with zero attached hydrogens (tertiary/aromatic N) is 3. The second-order valence-corrected chi connectivity index (χ2v) is 10.5. The zero-order chi connectivity index (χ0) is 30.4. The molecular weight excluding hydrogens is 606 g/mol. The quantitative estimate of drug-likeness (QED) is 0.192. The maximum Gasteiger partial charge on any atom is 0.217 e. The highest BCUT2D eigenvalue weighted by Gasteiger charge is 2.45. The van der Waals surface area contributed by atoms with Gasteiger partial charge in [0.2, 0.25) is 17.6 Å². The molecule has 0 amide bonds. The lowest BCUT2D eigenvalue weighted by atomic mass is 9.71. The predicted molar refractivity (Wildman–Crippen MR) is 163 cm³/mol. The van der Waals surface area contributed by atoms with E-state index in [1.165, 1.54) is 14.2 Å². The number of pyridine rings is 2. The van der Waals surface area contributed by atoms with Gasteiger partial charge in [0.05, 0.1) is 54.1 Å². The average Bonchev–Trinajstić information content (AvgIpc) is 3.02. The second kappa shape index (κ2) is 13.6. The van der Waals surface area contributed by atoms with E-state index in [0.717, 1.165) is 15.4 Å². The normalized spacial score (nSPS) is 13.5. The first-order valence-electron chi connectivity index (χ1n) is 13.2. The highest BCUT2D eigenvalue weighted by Crippen LogP contribution is 2.52. The van der Waals surface area contributed by atoms with Crippen LogP contribution in [-0.2, 0) is 10.4 Å². The highest BCUT2D eigenvalue weighted by atomic mass is 79.9. The Bertz CT molecular complexity index is 1510. The van der Waals surface area contributed by atoms with Gasteiger partial charge in [-0.1, -0.05) is 28.1 Å². The lowest BCUT2D eigenvalue weighted by Gasteiger charge is -2.39. The lowest BCUT2D eigenvalue weighted by Crippen LogP contribution is -2.38. The molecule has 0 aliphatic heterocycles. The van der Waals surface area contributed by atoms with E-state index < -0.39 is 11.5 Å². The third-order valence-electron chi connectivity index (χ3n) is 7.31. The summed E-state index contributed by atoms with van der Waals surface area (Å²) in [5.41, 5.74) is 0.896. The van der Waals surface area contributed by atoms with Crippen LogP contribution in [0.15, 0.2) is 59.1 Å². The van der Waals surface area contributed by atoms with E-state index in [1.807, 2.05) is 42.5 Å². The first-order valence-corrected chi connectivity index (χ1v) is 13.9. The molecule has 0 fully saturated rings. The highest BCUT2D eigenvalue weighted by molar-refractivity contribution is 9.10. The van der Waals surface area contributed by atoms with Crippen molar-refractivity contribution in [2.45, 2.75) is 17.9 Å². The number of ether oxygens (including phenoxy) is 5. The number of aliphatic hydroxyl groups is 1. The molecule has 11 heteroatoms. The van der Waals surface area contributed by atoms with Crippen LogP contribution in [0.1, 0.15) is 29.0 Å². The third-order valence-corrected chi connectivity index (χ3v) is 7.81. The van der Waals surface area contributed by atoms with E-state index in [9.17, 15) is 5.11 Å².